The van der Waals surface area contributed by atoms with Gasteiger partial charge < -0.3 is 10.2 Å². The molecule has 2 aromatic rings. The molecule has 0 bridgehead atoms. The maximum Gasteiger partial charge on any atom is 0.324 e. The smallest absolute Gasteiger partial charge is 0.324 e. The van der Waals surface area contributed by atoms with E-state index in [2.05, 4.69) is 4.72 Å². The number of aliphatic carboxylic acids is 1. The molecular formula is C18H22NO5S2+. The third-order valence-corrected chi connectivity index (χ3v) is 6.89. The first kappa shape index (κ1) is 20.4. The Balaban J connectivity index is 2.05. The van der Waals surface area contributed by atoms with Crippen LogP contribution in [0.4, 0.5) is 0 Å². The van der Waals surface area contributed by atoms with E-state index in [9.17, 15) is 23.4 Å². The molecule has 0 radical (unpaired) electrons. The van der Waals surface area contributed by atoms with Crippen LogP contribution in [0.1, 0.15) is 5.56 Å². The quantitative estimate of drug-likeness (QED) is 0.553. The second kappa shape index (κ2) is 9.18. The summed E-state index contributed by atoms with van der Waals surface area (Å²) in [5, 5.41) is 19.7. The molecule has 3 N–H and O–H groups in total. The number of sulfonamides is 1. The molecule has 0 amide bonds. The van der Waals surface area contributed by atoms with Gasteiger partial charge in [-0.2, -0.15) is 4.72 Å². The predicted molar refractivity (Wildman–Crippen MR) is 102 cm³/mol. The van der Waals surface area contributed by atoms with Crippen molar-refractivity contribution in [3.63, 3.8) is 0 Å². The lowest BCUT2D eigenvalue weighted by molar-refractivity contribution is -0.141. The van der Waals surface area contributed by atoms with Crippen LogP contribution in [0.15, 0.2) is 65.6 Å². The number of rotatable bonds is 9. The second-order valence-corrected chi connectivity index (χ2v) is 9.79. The van der Waals surface area contributed by atoms with Crippen molar-refractivity contribution in [3.05, 3.63) is 66.2 Å². The highest BCUT2D eigenvalue weighted by Gasteiger charge is 2.35. The van der Waals surface area contributed by atoms with Crippen molar-refractivity contribution in [2.24, 2.45) is 0 Å². The number of aliphatic hydroxyl groups is 1. The first-order valence-corrected chi connectivity index (χ1v) is 11.4. The van der Waals surface area contributed by atoms with Crippen LogP contribution >= 0.6 is 0 Å². The molecule has 0 saturated carbocycles. The normalized spacial score (nSPS) is 15.2. The number of nitrogens with one attached hydrogen (secondary N) is 1. The fourth-order valence-corrected chi connectivity index (χ4v) is 5.33. The van der Waals surface area contributed by atoms with Gasteiger partial charge in [0.15, 0.2) is 0 Å². The lowest BCUT2D eigenvalue weighted by atomic mass is 10.2. The van der Waals surface area contributed by atoms with E-state index < -0.39 is 28.1 Å². The van der Waals surface area contributed by atoms with Crippen molar-refractivity contribution >= 4 is 26.9 Å². The molecule has 0 aliphatic heterocycles. The summed E-state index contributed by atoms with van der Waals surface area (Å²) >= 11 is 0. The molecule has 0 aliphatic carbocycles. The maximum absolute atomic E-state index is 12.3. The van der Waals surface area contributed by atoms with Crippen molar-refractivity contribution in [2.45, 2.75) is 22.8 Å². The number of hydrogen-bond donors (Lipinski definition) is 3. The van der Waals surface area contributed by atoms with Gasteiger partial charge in [-0.25, -0.2) is 8.42 Å². The van der Waals surface area contributed by atoms with Gasteiger partial charge in [0.05, 0.1) is 11.2 Å². The van der Waals surface area contributed by atoms with Crippen molar-refractivity contribution < 1.29 is 23.4 Å². The van der Waals surface area contributed by atoms with Gasteiger partial charge in [0.25, 0.3) is 0 Å². The third-order valence-electron chi connectivity index (χ3n) is 3.70. The predicted octanol–water partition coefficient (Wildman–Crippen LogP) is 1.23. The van der Waals surface area contributed by atoms with E-state index in [0.717, 1.165) is 5.56 Å². The first-order chi connectivity index (χ1) is 12.3. The zero-order valence-corrected chi connectivity index (χ0v) is 15.9. The highest BCUT2D eigenvalue weighted by atomic mass is 32.2. The van der Waals surface area contributed by atoms with Crippen LogP contribution < -0.4 is 4.72 Å². The SMILES string of the molecule is C[S+](Cc1ccccc1)CC(O)C(NS(=O)(=O)c1ccccc1)C(=O)O. The number of carbonyl (C=O) groups is 1. The van der Waals surface area contributed by atoms with E-state index in [4.69, 9.17) is 0 Å². The lowest BCUT2D eigenvalue weighted by Gasteiger charge is -2.19. The molecule has 0 spiro atoms. The van der Waals surface area contributed by atoms with Gasteiger partial charge in [0.2, 0.25) is 10.0 Å². The standard InChI is InChI=1S/C18H21NO5S2/c1-25(12-14-8-4-2-5-9-14)13-16(20)17(18(21)22)19-26(23,24)15-10-6-3-7-11-15/h2-11,16-17,19-20H,12-13H2,1H3/p+1. The van der Waals surface area contributed by atoms with E-state index in [1.807, 2.05) is 36.6 Å². The number of aliphatic hydroxyl groups excluding tert-OH is 1. The third kappa shape index (κ3) is 5.84. The summed E-state index contributed by atoms with van der Waals surface area (Å²) in [5.41, 5.74) is 1.09. The molecule has 0 aliphatic rings. The fraction of sp³-hybridized carbons (Fsp3) is 0.278. The summed E-state index contributed by atoms with van der Waals surface area (Å²) in [6, 6.07) is 15.5. The van der Waals surface area contributed by atoms with Gasteiger partial charge in [-0.3, -0.25) is 4.79 Å². The molecule has 26 heavy (non-hydrogen) atoms. The first-order valence-electron chi connectivity index (χ1n) is 7.91. The van der Waals surface area contributed by atoms with Crippen LogP contribution in [0.3, 0.4) is 0 Å². The minimum Gasteiger partial charge on any atom is -0.480 e. The van der Waals surface area contributed by atoms with Crippen LogP contribution in [0.5, 0.6) is 0 Å². The average Bonchev–Trinajstić information content (AvgIpc) is 2.61. The molecule has 0 fully saturated rings. The second-order valence-electron chi connectivity index (χ2n) is 5.90. The molecule has 3 unspecified atom stereocenters. The van der Waals surface area contributed by atoms with Gasteiger partial charge >= 0.3 is 5.97 Å². The Hall–Kier alpha value is -1.87. The van der Waals surface area contributed by atoms with Crippen molar-refractivity contribution in [2.75, 3.05) is 12.0 Å². The number of benzene rings is 2. The van der Waals surface area contributed by atoms with Crippen LogP contribution in [0, 0.1) is 0 Å². The van der Waals surface area contributed by atoms with Crippen molar-refractivity contribution in [3.8, 4) is 0 Å². The molecule has 6 nitrogen and oxygen atoms in total. The van der Waals surface area contributed by atoms with E-state index in [1.165, 1.54) is 12.1 Å². The lowest BCUT2D eigenvalue weighted by Crippen LogP contribution is -2.50. The van der Waals surface area contributed by atoms with Crippen LogP contribution in [0.25, 0.3) is 0 Å². The van der Waals surface area contributed by atoms with E-state index >= 15 is 0 Å². The average molecular weight is 397 g/mol. The maximum atomic E-state index is 12.3. The summed E-state index contributed by atoms with van der Waals surface area (Å²) in [6.45, 7) is 0. The molecular weight excluding hydrogens is 374 g/mol. The van der Waals surface area contributed by atoms with Gasteiger partial charge in [-0.05, 0) is 23.0 Å². The summed E-state index contributed by atoms with van der Waals surface area (Å²) in [5.74, 6) is -0.535. The van der Waals surface area contributed by atoms with Crippen LogP contribution in [0.2, 0.25) is 0 Å². The Bertz CT molecular complexity index is 812. The largest absolute Gasteiger partial charge is 0.480 e. The fourth-order valence-electron chi connectivity index (χ4n) is 2.43. The van der Waals surface area contributed by atoms with Crippen molar-refractivity contribution in [1.29, 1.82) is 0 Å². The highest BCUT2D eigenvalue weighted by molar-refractivity contribution is 7.95. The number of carboxylic acids is 1. The Labute approximate surface area is 156 Å². The van der Waals surface area contributed by atoms with Crippen molar-refractivity contribution in [1.82, 2.24) is 4.72 Å². The molecule has 0 aromatic heterocycles. The molecule has 0 heterocycles. The Morgan fingerprint density at radius 3 is 2.15 bits per heavy atom. The number of carboxylic acid groups (broad SMARTS) is 1. The summed E-state index contributed by atoms with van der Waals surface area (Å²) in [7, 11) is -4.34. The molecule has 2 rings (SSSR count). The zero-order valence-electron chi connectivity index (χ0n) is 14.3. The van der Waals surface area contributed by atoms with Crippen LogP contribution in [-0.4, -0.2) is 48.8 Å². The Morgan fingerprint density at radius 1 is 1.08 bits per heavy atom. The summed E-state index contributed by atoms with van der Waals surface area (Å²) in [6.07, 6.45) is 0.587. The molecule has 0 saturated heterocycles. The van der Waals surface area contributed by atoms with Gasteiger partial charge in [0, 0.05) is 5.56 Å². The van der Waals surface area contributed by atoms with Gasteiger partial charge in [-0.1, -0.05) is 48.5 Å². The minimum atomic E-state index is -4.03. The number of hydrogen-bond acceptors (Lipinski definition) is 4. The van der Waals surface area contributed by atoms with E-state index in [0.29, 0.717) is 5.75 Å². The minimum absolute atomic E-state index is 0.0433. The van der Waals surface area contributed by atoms with E-state index in [1.54, 1.807) is 18.2 Å². The van der Waals surface area contributed by atoms with Crippen LogP contribution in [-0.2, 0) is 31.5 Å². The Kier molecular flexibility index (Phi) is 7.22. The topological polar surface area (TPSA) is 104 Å². The highest BCUT2D eigenvalue weighted by Crippen LogP contribution is 2.13. The summed E-state index contributed by atoms with van der Waals surface area (Å²) < 4.78 is 26.8. The van der Waals surface area contributed by atoms with Gasteiger partial charge in [0.1, 0.15) is 23.7 Å². The Morgan fingerprint density at radius 2 is 1.62 bits per heavy atom. The molecule has 3 atom stereocenters. The monoisotopic (exact) mass is 396 g/mol. The summed E-state index contributed by atoms with van der Waals surface area (Å²) in [4.78, 5) is 11.5. The molecule has 8 heteroatoms. The molecule has 140 valence electrons. The zero-order chi connectivity index (χ0) is 19.2. The molecule has 2 aromatic carbocycles. The van der Waals surface area contributed by atoms with Gasteiger partial charge in [-0.15, -0.1) is 0 Å². The van der Waals surface area contributed by atoms with E-state index in [-0.39, 0.29) is 21.5 Å².